The Bertz CT molecular complexity index is 883. The van der Waals surface area contributed by atoms with E-state index >= 15 is 0 Å². The number of carbonyl (C=O) groups excluding carboxylic acids is 1. The summed E-state index contributed by atoms with van der Waals surface area (Å²) in [6, 6.07) is 12.5. The summed E-state index contributed by atoms with van der Waals surface area (Å²) in [5.74, 6) is 0.497. The Morgan fingerprint density at radius 1 is 1.08 bits per heavy atom. The van der Waals surface area contributed by atoms with Gasteiger partial charge in [-0.05, 0) is 31.2 Å². The van der Waals surface area contributed by atoms with E-state index in [9.17, 15) is 13.2 Å². The Hall–Kier alpha value is -2.74. The predicted octanol–water partition coefficient (Wildman–Crippen LogP) is 2.50. The lowest BCUT2D eigenvalue weighted by atomic mass is 10.2. The molecule has 2 rings (SSSR count). The molecule has 26 heavy (non-hydrogen) atoms. The van der Waals surface area contributed by atoms with Crippen molar-refractivity contribution >= 4 is 27.3 Å². The van der Waals surface area contributed by atoms with Crippen LogP contribution in [-0.4, -0.2) is 40.8 Å². The number of sulfonamides is 1. The van der Waals surface area contributed by atoms with Crippen molar-refractivity contribution in [3.63, 3.8) is 0 Å². The molecule has 0 saturated heterocycles. The number of anilines is 2. The number of amides is 1. The second-order valence-electron chi connectivity index (χ2n) is 5.63. The molecule has 7 nitrogen and oxygen atoms in total. The number of para-hydroxylation sites is 2. The Morgan fingerprint density at radius 3 is 2.38 bits per heavy atom. The summed E-state index contributed by atoms with van der Waals surface area (Å²) in [6.45, 7) is 1.52. The quantitative estimate of drug-likeness (QED) is 0.800. The maximum absolute atomic E-state index is 12.7. The van der Waals surface area contributed by atoms with Crippen LogP contribution in [0.3, 0.4) is 0 Å². The molecule has 0 aliphatic carbocycles. The maximum Gasteiger partial charge on any atom is 0.248 e. The van der Waals surface area contributed by atoms with Gasteiger partial charge in [0, 0.05) is 6.07 Å². The molecule has 140 valence electrons. The smallest absolute Gasteiger partial charge is 0.248 e. The van der Waals surface area contributed by atoms with Gasteiger partial charge in [0.25, 0.3) is 0 Å². The van der Waals surface area contributed by atoms with Crippen LogP contribution >= 0.6 is 0 Å². The van der Waals surface area contributed by atoms with E-state index in [4.69, 9.17) is 9.47 Å². The fourth-order valence-corrected chi connectivity index (χ4v) is 3.71. The van der Waals surface area contributed by atoms with Crippen molar-refractivity contribution in [2.45, 2.75) is 13.0 Å². The van der Waals surface area contributed by atoms with Gasteiger partial charge in [0.15, 0.2) is 0 Å². The minimum Gasteiger partial charge on any atom is -0.497 e. The molecule has 2 aromatic carbocycles. The SMILES string of the molecule is COc1cccc(N(C(C)C(=O)Nc2ccccc2OC)S(C)(=O)=O)c1. The molecule has 1 unspecified atom stereocenters. The number of rotatable bonds is 7. The minimum absolute atomic E-state index is 0.342. The summed E-state index contributed by atoms with van der Waals surface area (Å²) in [5, 5.41) is 2.71. The van der Waals surface area contributed by atoms with Crippen molar-refractivity contribution in [1.82, 2.24) is 0 Å². The van der Waals surface area contributed by atoms with Crippen molar-refractivity contribution in [3.8, 4) is 11.5 Å². The van der Waals surface area contributed by atoms with Crippen LogP contribution in [0.2, 0.25) is 0 Å². The molecule has 0 heterocycles. The summed E-state index contributed by atoms with van der Waals surface area (Å²) in [4.78, 5) is 12.7. The van der Waals surface area contributed by atoms with E-state index in [1.807, 2.05) is 0 Å². The van der Waals surface area contributed by atoms with E-state index in [1.54, 1.807) is 48.5 Å². The summed E-state index contributed by atoms with van der Waals surface area (Å²) in [7, 11) is -0.728. The average Bonchev–Trinajstić information content (AvgIpc) is 2.61. The number of hydrogen-bond acceptors (Lipinski definition) is 5. The highest BCUT2D eigenvalue weighted by Crippen LogP contribution is 2.27. The maximum atomic E-state index is 12.7. The van der Waals surface area contributed by atoms with Crippen LogP contribution in [0.5, 0.6) is 11.5 Å². The summed E-state index contributed by atoms with van der Waals surface area (Å²) in [5.41, 5.74) is 0.806. The number of hydrogen-bond donors (Lipinski definition) is 1. The Morgan fingerprint density at radius 2 is 1.77 bits per heavy atom. The number of benzene rings is 2. The predicted molar refractivity (Wildman–Crippen MR) is 101 cm³/mol. The van der Waals surface area contributed by atoms with Gasteiger partial charge in [0.1, 0.15) is 17.5 Å². The molecule has 0 bridgehead atoms. The molecule has 0 fully saturated rings. The van der Waals surface area contributed by atoms with Crippen molar-refractivity contribution in [3.05, 3.63) is 48.5 Å². The van der Waals surface area contributed by atoms with E-state index in [0.717, 1.165) is 10.6 Å². The Balaban J connectivity index is 2.34. The molecule has 1 N–H and O–H groups in total. The fraction of sp³-hybridized carbons (Fsp3) is 0.278. The zero-order valence-corrected chi connectivity index (χ0v) is 15.9. The van der Waals surface area contributed by atoms with Crippen molar-refractivity contribution < 1.29 is 22.7 Å². The first-order valence-electron chi connectivity index (χ1n) is 7.85. The van der Waals surface area contributed by atoms with Gasteiger partial charge in [-0.2, -0.15) is 0 Å². The molecule has 0 aliphatic rings. The van der Waals surface area contributed by atoms with Gasteiger partial charge < -0.3 is 14.8 Å². The monoisotopic (exact) mass is 378 g/mol. The zero-order valence-electron chi connectivity index (χ0n) is 15.1. The largest absolute Gasteiger partial charge is 0.497 e. The van der Waals surface area contributed by atoms with Crippen LogP contribution in [-0.2, 0) is 14.8 Å². The van der Waals surface area contributed by atoms with Crippen molar-refractivity contribution in [1.29, 1.82) is 0 Å². The van der Waals surface area contributed by atoms with Gasteiger partial charge in [-0.1, -0.05) is 18.2 Å². The van der Waals surface area contributed by atoms with Crippen molar-refractivity contribution in [2.24, 2.45) is 0 Å². The normalized spacial score (nSPS) is 12.2. The highest BCUT2D eigenvalue weighted by Gasteiger charge is 2.29. The number of ether oxygens (including phenoxy) is 2. The third-order valence-electron chi connectivity index (χ3n) is 3.76. The molecule has 0 radical (unpaired) electrons. The first kappa shape index (κ1) is 19.6. The summed E-state index contributed by atoms with van der Waals surface area (Å²) >= 11 is 0. The van der Waals surface area contributed by atoms with Crippen LogP contribution in [0.4, 0.5) is 11.4 Å². The van der Waals surface area contributed by atoms with Crippen LogP contribution in [0.1, 0.15) is 6.92 Å². The van der Waals surface area contributed by atoms with E-state index in [2.05, 4.69) is 5.32 Å². The molecular formula is C18H22N2O5S. The van der Waals surface area contributed by atoms with Crippen LogP contribution < -0.4 is 19.1 Å². The lowest BCUT2D eigenvalue weighted by Gasteiger charge is -2.28. The molecule has 0 spiro atoms. The highest BCUT2D eigenvalue weighted by molar-refractivity contribution is 7.92. The lowest BCUT2D eigenvalue weighted by molar-refractivity contribution is -0.116. The van der Waals surface area contributed by atoms with E-state index in [1.165, 1.54) is 21.1 Å². The van der Waals surface area contributed by atoms with E-state index < -0.39 is 22.0 Å². The first-order chi connectivity index (χ1) is 12.3. The van der Waals surface area contributed by atoms with Gasteiger partial charge in [-0.3, -0.25) is 9.10 Å². The summed E-state index contributed by atoms with van der Waals surface area (Å²) < 4.78 is 36.1. The number of methoxy groups -OCH3 is 2. The van der Waals surface area contributed by atoms with Crippen LogP contribution in [0, 0.1) is 0 Å². The molecule has 1 atom stereocenters. The van der Waals surface area contributed by atoms with Gasteiger partial charge in [-0.25, -0.2) is 8.42 Å². The van der Waals surface area contributed by atoms with Crippen LogP contribution in [0.25, 0.3) is 0 Å². The van der Waals surface area contributed by atoms with E-state index in [0.29, 0.717) is 22.9 Å². The van der Waals surface area contributed by atoms with E-state index in [-0.39, 0.29) is 0 Å². The first-order valence-corrected chi connectivity index (χ1v) is 9.70. The van der Waals surface area contributed by atoms with Gasteiger partial charge >= 0.3 is 0 Å². The van der Waals surface area contributed by atoms with Gasteiger partial charge in [0.2, 0.25) is 15.9 Å². The Labute approximate surface area is 153 Å². The molecule has 0 aromatic heterocycles. The topological polar surface area (TPSA) is 84.9 Å². The lowest BCUT2D eigenvalue weighted by Crippen LogP contribution is -2.45. The second kappa shape index (κ2) is 8.09. The minimum atomic E-state index is -3.71. The van der Waals surface area contributed by atoms with Gasteiger partial charge in [0.05, 0.1) is 31.9 Å². The number of nitrogens with zero attached hydrogens (tertiary/aromatic N) is 1. The molecule has 0 aliphatic heterocycles. The van der Waals surface area contributed by atoms with Crippen LogP contribution in [0.15, 0.2) is 48.5 Å². The second-order valence-corrected chi connectivity index (χ2v) is 7.49. The van der Waals surface area contributed by atoms with Gasteiger partial charge in [-0.15, -0.1) is 0 Å². The summed E-state index contributed by atoms with van der Waals surface area (Å²) in [6.07, 6.45) is 1.05. The molecular weight excluding hydrogens is 356 g/mol. The van der Waals surface area contributed by atoms with Crippen molar-refractivity contribution in [2.75, 3.05) is 30.1 Å². The fourth-order valence-electron chi connectivity index (χ4n) is 2.54. The number of carbonyl (C=O) groups is 1. The molecule has 0 saturated carbocycles. The highest BCUT2D eigenvalue weighted by atomic mass is 32.2. The molecule has 1 amide bonds. The third-order valence-corrected chi connectivity index (χ3v) is 5.00. The Kier molecular flexibility index (Phi) is 6.10. The number of nitrogens with one attached hydrogen (secondary N) is 1. The standard InChI is InChI=1S/C18H22N2O5S/c1-13(18(21)19-16-10-5-6-11-17(16)25-3)20(26(4,22)23)14-8-7-9-15(12-14)24-2/h5-13H,1-4H3,(H,19,21). The third kappa shape index (κ3) is 4.45. The molecule has 2 aromatic rings. The molecule has 8 heteroatoms. The zero-order chi connectivity index (χ0) is 19.3. The average molecular weight is 378 g/mol.